The van der Waals surface area contributed by atoms with E-state index in [4.69, 9.17) is 4.74 Å². The number of hydrogen-bond donors (Lipinski definition) is 2. The normalized spacial score (nSPS) is 14.3. The van der Waals surface area contributed by atoms with Gasteiger partial charge >= 0.3 is 5.97 Å². The maximum absolute atomic E-state index is 13.5. The van der Waals surface area contributed by atoms with Crippen molar-refractivity contribution in [2.75, 3.05) is 20.7 Å². The molecule has 0 spiro atoms. The van der Waals surface area contributed by atoms with E-state index in [-0.39, 0.29) is 42.5 Å². The predicted molar refractivity (Wildman–Crippen MR) is 163 cm³/mol. The van der Waals surface area contributed by atoms with E-state index in [9.17, 15) is 19.5 Å². The third-order valence-corrected chi connectivity index (χ3v) is 8.06. The van der Waals surface area contributed by atoms with Crippen molar-refractivity contribution < 1.29 is 24.2 Å². The molecule has 1 saturated carbocycles. The Bertz CT molecular complexity index is 1610. The Labute approximate surface area is 250 Å². The molecule has 0 saturated heterocycles. The van der Waals surface area contributed by atoms with Crippen LogP contribution in [0.2, 0.25) is 0 Å². The minimum atomic E-state index is -1.02. The lowest BCUT2D eigenvalue weighted by Gasteiger charge is -2.24. The highest BCUT2D eigenvalue weighted by Gasteiger charge is 2.28. The standard InChI is InChI=1S/C33H37N5O5/c1-21(27-18-34-15-16-35-27)36-29(39)19-38-28-17-24(33(41)42)11-14-26(28)31(22-7-5-4-6-8-22)32(38)23-9-12-25(13-10-23)43-20-30(40)37(2)3/h9-18,21-22H,4-8,19-20H2,1-3H3,(H,36,39)(H,41,42). The predicted octanol–water partition coefficient (Wildman–Crippen LogP) is 5.19. The molecule has 2 aromatic heterocycles. The number of nitrogens with zero attached hydrogens (tertiary/aromatic N) is 4. The van der Waals surface area contributed by atoms with Crippen LogP contribution in [0, 0.1) is 0 Å². The minimum absolute atomic E-state index is 0.0121. The number of ether oxygens (including phenoxy) is 1. The quantitative estimate of drug-likeness (QED) is 0.263. The van der Waals surface area contributed by atoms with Crippen molar-refractivity contribution in [2.45, 2.75) is 57.5 Å². The number of carbonyl (C=O) groups excluding carboxylic acids is 2. The first-order chi connectivity index (χ1) is 20.7. The Balaban J connectivity index is 1.59. The van der Waals surface area contributed by atoms with E-state index in [1.165, 1.54) is 11.3 Å². The Hall–Kier alpha value is -4.73. The van der Waals surface area contributed by atoms with Crippen molar-refractivity contribution in [1.29, 1.82) is 0 Å². The molecule has 10 heteroatoms. The number of likely N-dealkylation sites (N-methyl/N-ethyl adjacent to an activating group) is 1. The lowest BCUT2D eigenvalue weighted by molar-refractivity contribution is -0.130. The zero-order valence-electron chi connectivity index (χ0n) is 24.7. The molecule has 0 bridgehead atoms. The van der Waals surface area contributed by atoms with Gasteiger partial charge in [0.2, 0.25) is 5.91 Å². The minimum Gasteiger partial charge on any atom is -0.484 e. The van der Waals surface area contributed by atoms with Crippen molar-refractivity contribution in [3.8, 4) is 17.0 Å². The third-order valence-electron chi connectivity index (χ3n) is 8.06. The average molecular weight is 584 g/mol. The van der Waals surface area contributed by atoms with Gasteiger partial charge in [-0.15, -0.1) is 0 Å². The fourth-order valence-corrected chi connectivity index (χ4v) is 5.81. The summed E-state index contributed by atoms with van der Waals surface area (Å²) in [5.41, 5.74) is 4.42. The second-order valence-corrected chi connectivity index (χ2v) is 11.2. The van der Waals surface area contributed by atoms with Crippen molar-refractivity contribution in [1.82, 2.24) is 24.8 Å². The van der Waals surface area contributed by atoms with Gasteiger partial charge < -0.3 is 24.6 Å². The summed E-state index contributed by atoms with van der Waals surface area (Å²) in [4.78, 5) is 47.4. The second-order valence-electron chi connectivity index (χ2n) is 11.2. The molecule has 2 N–H and O–H groups in total. The summed E-state index contributed by atoms with van der Waals surface area (Å²) in [6, 6.07) is 12.3. The number of aromatic carboxylic acids is 1. The molecule has 5 rings (SSSR count). The lowest BCUT2D eigenvalue weighted by Crippen LogP contribution is -2.30. The van der Waals surface area contributed by atoms with Crippen LogP contribution in [0.15, 0.2) is 61.1 Å². The molecular formula is C33H37N5O5. The Kier molecular flexibility index (Phi) is 9.04. The van der Waals surface area contributed by atoms with Gasteiger partial charge in [-0.1, -0.05) is 25.3 Å². The number of rotatable bonds is 10. The van der Waals surface area contributed by atoms with Crippen LogP contribution < -0.4 is 10.1 Å². The summed E-state index contributed by atoms with van der Waals surface area (Å²) in [6.07, 6.45) is 10.3. The highest BCUT2D eigenvalue weighted by Crippen LogP contribution is 2.44. The summed E-state index contributed by atoms with van der Waals surface area (Å²) in [5.74, 6) is -0.554. The van der Waals surface area contributed by atoms with E-state index in [0.29, 0.717) is 17.0 Å². The zero-order chi connectivity index (χ0) is 30.5. The molecule has 2 aromatic carbocycles. The number of fused-ring (bicyclic) bond motifs is 1. The largest absolute Gasteiger partial charge is 0.484 e. The van der Waals surface area contributed by atoms with E-state index in [2.05, 4.69) is 15.3 Å². The van der Waals surface area contributed by atoms with Crippen molar-refractivity contribution in [3.63, 3.8) is 0 Å². The maximum atomic E-state index is 13.5. The second kappa shape index (κ2) is 13.1. The van der Waals surface area contributed by atoms with Crippen LogP contribution in [0.4, 0.5) is 0 Å². The number of amides is 2. The maximum Gasteiger partial charge on any atom is 0.335 e. The highest BCUT2D eigenvalue weighted by atomic mass is 16.5. The van der Waals surface area contributed by atoms with Crippen molar-refractivity contribution in [3.05, 3.63) is 77.9 Å². The molecule has 1 aliphatic rings. The van der Waals surface area contributed by atoms with E-state index in [0.717, 1.165) is 47.9 Å². The van der Waals surface area contributed by atoms with Gasteiger partial charge in [0.1, 0.15) is 12.3 Å². The Morgan fingerprint density at radius 1 is 1.07 bits per heavy atom. The van der Waals surface area contributed by atoms with Gasteiger partial charge in [0.05, 0.1) is 34.7 Å². The van der Waals surface area contributed by atoms with Crippen LogP contribution in [0.1, 0.15) is 72.6 Å². The zero-order valence-corrected chi connectivity index (χ0v) is 24.7. The molecule has 2 amide bonds. The summed E-state index contributed by atoms with van der Waals surface area (Å²) < 4.78 is 7.65. The molecule has 10 nitrogen and oxygen atoms in total. The number of nitrogens with one attached hydrogen (secondary N) is 1. The van der Waals surface area contributed by atoms with Crippen LogP contribution in [0.25, 0.3) is 22.2 Å². The number of aromatic nitrogens is 3. The monoisotopic (exact) mass is 583 g/mol. The first-order valence-electron chi connectivity index (χ1n) is 14.6. The number of benzene rings is 2. The van der Waals surface area contributed by atoms with Crippen LogP contribution in [-0.2, 0) is 16.1 Å². The van der Waals surface area contributed by atoms with Gasteiger partial charge in [-0.2, -0.15) is 0 Å². The van der Waals surface area contributed by atoms with Crippen LogP contribution in [0.5, 0.6) is 5.75 Å². The topological polar surface area (TPSA) is 127 Å². The fourth-order valence-electron chi connectivity index (χ4n) is 5.81. The molecule has 0 radical (unpaired) electrons. The van der Waals surface area contributed by atoms with E-state index >= 15 is 0 Å². The summed E-state index contributed by atoms with van der Waals surface area (Å²) in [5, 5.41) is 13.8. The van der Waals surface area contributed by atoms with Gasteiger partial charge in [-0.3, -0.25) is 19.6 Å². The lowest BCUT2D eigenvalue weighted by atomic mass is 9.82. The molecule has 43 heavy (non-hydrogen) atoms. The van der Waals surface area contributed by atoms with Crippen molar-refractivity contribution in [2.24, 2.45) is 0 Å². The number of hydrogen-bond acceptors (Lipinski definition) is 6. The SMILES string of the molecule is CC(NC(=O)Cn1c(-c2ccc(OCC(=O)N(C)C)cc2)c(C2CCCCC2)c2ccc(C(=O)O)cc21)c1cnccn1. The molecular weight excluding hydrogens is 546 g/mol. The first kappa shape index (κ1) is 29.8. The number of carbonyl (C=O) groups is 3. The molecule has 4 aromatic rings. The van der Waals surface area contributed by atoms with Gasteiger partial charge in [-0.25, -0.2) is 4.79 Å². The van der Waals surface area contributed by atoms with Crippen LogP contribution in [-0.4, -0.2) is 63.0 Å². The van der Waals surface area contributed by atoms with E-state index in [1.54, 1.807) is 44.8 Å². The highest BCUT2D eigenvalue weighted by molar-refractivity contribution is 5.99. The first-order valence-corrected chi connectivity index (χ1v) is 14.6. The molecule has 1 fully saturated rings. The smallest absolute Gasteiger partial charge is 0.335 e. The molecule has 1 aliphatic carbocycles. The molecule has 1 atom stereocenters. The Morgan fingerprint density at radius 3 is 2.47 bits per heavy atom. The van der Waals surface area contributed by atoms with E-state index in [1.807, 2.05) is 41.8 Å². The van der Waals surface area contributed by atoms with Crippen LogP contribution >= 0.6 is 0 Å². The van der Waals surface area contributed by atoms with Gasteiger partial charge in [0.25, 0.3) is 5.91 Å². The average Bonchev–Trinajstić information content (AvgIpc) is 3.33. The van der Waals surface area contributed by atoms with Gasteiger partial charge in [-0.05, 0) is 73.2 Å². The molecule has 0 aliphatic heterocycles. The number of carboxylic acid groups (broad SMARTS) is 1. The summed E-state index contributed by atoms with van der Waals surface area (Å²) in [7, 11) is 3.36. The fraction of sp³-hybridized carbons (Fsp3) is 0.364. The number of carboxylic acids is 1. The molecule has 1 unspecified atom stereocenters. The van der Waals surface area contributed by atoms with Gasteiger partial charge in [0, 0.05) is 31.9 Å². The van der Waals surface area contributed by atoms with E-state index < -0.39 is 5.97 Å². The van der Waals surface area contributed by atoms with Crippen molar-refractivity contribution >= 4 is 28.7 Å². The molecule has 2 heterocycles. The van der Waals surface area contributed by atoms with Gasteiger partial charge in [0.15, 0.2) is 6.61 Å². The summed E-state index contributed by atoms with van der Waals surface area (Å²) >= 11 is 0. The molecule has 224 valence electrons. The van der Waals surface area contributed by atoms with Crippen LogP contribution in [0.3, 0.4) is 0 Å². The third kappa shape index (κ3) is 6.69. The summed E-state index contributed by atoms with van der Waals surface area (Å²) in [6.45, 7) is 1.77. The Morgan fingerprint density at radius 2 is 1.81 bits per heavy atom.